The first-order valence-corrected chi connectivity index (χ1v) is 14.3. The van der Waals surface area contributed by atoms with Crippen LogP contribution in [0.1, 0.15) is 80.6 Å². The fourth-order valence-electron chi connectivity index (χ4n) is 5.13. The van der Waals surface area contributed by atoms with E-state index in [9.17, 15) is 19.8 Å². The molecule has 40 heavy (non-hydrogen) atoms. The number of nitrogens with zero attached hydrogens (tertiary/aromatic N) is 1. The van der Waals surface area contributed by atoms with Crippen molar-refractivity contribution >= 4 is 17.7 Å². The molecule has 2 aliphatic rings. The number of cyclic esters (lactones) is 1. The minimum absolute atomic E-state index is 0.148. The lowest BCUT2D eigenvalue weighted by Gasteiger charge is -2.32. The van der Waals surface area contributed by atoms with Crippen LogP contribution in [0.5, 0.6) is 0 Å². The topological polar surface area (TPSA) is 127 Å². The number of allylic oxidation sites excluding steroid dienone is 3. The third-order valence-electron chi connectivity index (χ3n) is 7.68. The number of carbonyl (C=O) groups excluding carboxylic acids is 2. The Labute approximate surface area is 239 Å². The average Bonchev–Trinajstić information content (AvgIpc) is 3.64. The van der Waals surface area contributed by atoms with Crippen LogP contribution >= 0.6 is 0 Å². The monoisotopic (exact) mass is 563 g/mol. The van der Waals surface area contributed by atoms with Gasteiger partial charge in [0.2, 0.25) is 0 Å². The van der Waals surface area contributed by atoms with Crippen molar-refractivity contribution in [2.24, 2.45) is 22.9 Å². The van der Waals surface area contributed by atoms with Crippen molar-refractivity contribution in [1.82, 2.24) is 0 Å². The van der Waals surface area contributed by atoms with Crippen molar-refractivity contribution in [3.8, 4) is 0 Å². The second-order valence-electron chi connectivity index (χ2n) is 11.5. The number of ether oxygens (including phenoxy) is 3. The summed E-state index contributed by atoms with van der Waals surface area (Å²) in [6.45, 7) is 12.9. The molecule has 2 aliphatic heterocycles. The third kappa shape index (κ3) is 10.5. The highest BCUT2D eigenvalue weighted by molar-refractivity contribution is 5.86. The Kier molecular flexibility index (Phi) is 13.1. The summed E-state index contributed by atoms with van der Waals surface area (Å²) in [5, 5.41) is 25.5. The van der Waals surface area contributed by atoms with Crippen molar-refractivity contribution in [2.75, 3.05) is 7.11 Å². The van der Waals surface area contributed by atoms with Crippen molar-refractivity contribution in [1.29, 1.82) is 0 Å². The molecule has 0 bridgehead atoms. The van der Waals surface area contributed by atoms with Gasteiger partial charge in [0.05, 0.1) is 30.4 Å². The van der Waals surface area contributed by atoms with Gasteiger partial charge in [0.15, 0.2) is 0 Å². The predicted molar refractivity (Wildman–Crippen MR) is 153 cm³/mol. The summed E-state index contributed by atoms with van der Waals surface area (Å²) in [7, 11) is 1.56. The molecule has 226 valence electrons. The first-order chi connectivity index (χ1) is 18.8. The molecule has 9 atom stereocenters. The Balaban J connectivity index is 2.12. The molecule has 9 unspecified atom stereocenters. The fourth-order valence-corrected chi connectivity index (χ4v) is 5.13. The smallest absolute Gasteiger partial charge is 0.309 e. The van der Waals surface area contributed by atoms with E-state index in [2.05, 4.69) is 32.0 Å². The third-order valence-corrected chi connectivity index (χ3v) is 7.68. The molecule has 0 radical (unpaired) electrons. The van der Waals surface area contributed by atoms with E-state index in [1.807, 2.05) is 26.0 Å². The highest BCUT2D eigenvalue weighted by Gasteiger charge is 2.44. The lowest BCUT2D eigenvalue weighted by molar-refractivity contribution is -0.157. The highest BCUT2D eigenvalue weighted by Crippen LogP contribution is 2.36. The largest absolute Gasteiger partial charge is 0.457 e. The summed E-state index contributed by atoms with van der Waals surface area (Å²) in [5.41, 5.74) is 0.428. The molecule has 0 aromatic rings. The highest BCUT2D eigenvalue weighted by atomic mass is 16.6. The van der Waals surface area contributed by atoms with Crippen LogP contribution in [0.3, 0.4) is 0 Å². The Morgan fingerprint density at radius 3 is 2.62 bits per heavy atom. The molecule has 0 saturated carbocycles. The molecule has 2 rings (SSSR count). The second kappa shape index (κ2) is 15.5. The lowest BCUT2D eigenvalue weighted by Crippen LogP contribution is -2.42. The molecular formula is C31H49NO8. The van der Waals surface area contributed by atoms with Crippen molar-refractivity contribution in [3.63, 3.8) is 0 Å². The zero-order valence-corrected chi connectivity index (χ0v) is 25.3. The number of hydrogen-bond acceptors (Lipinski definition) is 9. The predicted octanol–water partition coefficient (Wildman–Crippen LogP) is 4.66. The molecule has 1 fully saturated rings. The maximum Gasteiger partial charge on any atom is 0.309 e. The fraction of sp³-hybridized carbons (Fsp3) is 0.710. The summed E-state index contributed by atoms with van der Waals surface area (Å²) >= 11 is 0. The lowest BCUT2D eigenvalue weighted by atomic mass is 9.88. The normalized spacial score (nSPS) is 34.7. The number of hydrogen-bond donors (Lipinski definition) is 2. The standard InChI is InChI=1S/C31H49NO8/c1-9-25(32-37-8)22(5)30-26(39-30)17-19(2)11-10-12-20(3)29-21(4)13-14-27(38-23(6)33)31(7,36)16-15-24(34)18-28(35)40-29/h10-14,19,21-22,24,26-27,29-30,34,36H,9,15-18H2,1-8H3/b11-10+,14-13+,20-12+,32-25+. The summed E-state index contributed by atoms with van der Waals surface area (Å²) < 4.78 is 17.1. The average molecular weight is 564 g/mol. The molecule has 9 nitrogen and oxygen atoms in total. The molecule has 2 heterocycles. The Bertz CT molecular complexity index is 968. The Morgan fingerprint density at radius 2 is 2.00 bits per heavy atom. The van der Waals surface area contributed by atoms with E-state index in [-0.39, 0.29) is 49.2 Å². The Hall–Kier alpha value is -2.49. The van der Waals surface area contributed by atoms with E-state index < -0.39 is 35.9 Å². The van der Waals surface area contributed by atoms with Crippen molar-refractivity contribution < 1.29 is 38.9 Å². The van der Waals surface area contributed by atoms with Crippen LogP contribution in [0.15, 0.2) is 41.1 Å². The maximum atomic E-state index is 12.6. The number of epoxide rings is 1. The van der Waals surface area contributed by atoms with E-state index in [1.165, 1.54) is 6.92 Å². The zero-order chi connectivity index (χ0) is 30.0. The van der Waals surface area contributed by atoms with Crippen LogP contribution in [0.2, 0.25) is 0 Å². The molecule has 0 spiro atoms. The van der Waals surface area contributed by atoms with Crippen LogP contribution < -0.4 is 0 Å². The van der Waals surface area contributed by atoms with Crippen molar-refractivity contribution in [3.05, 3.63) is 36.0 Å². The summed E-state index contributed by atoms with van der Waals surface area (Å²) in [4.78, 5) is 29.3. The molecule has 1 saturated heterocycles. The van der Waals surface area contributed by atoms with Crippen molar-refractivity contribution in [2.45, 2.75) is 117 Å². The number of oxime groups is 1. The van der Waals surface area contributed by atoms with E-state index in [0.29, 0.717) is 0 Å². The first kappa shape index (κ1) is 33.7. The number of esters is 2. The summed E-state index contributed by atoms with van der Waals surface area (Å²) in [6.07, 6.45) is 9.12. The van der Waals surface area contributed by atoms with Gasteiger partial charge in [0.25, 0.3) is 0 Å². The van der Waals surface area contributed by atoms with Gasteiger partial charge >= 0.3 is 11.9 Å². The molecule has 0 aromatic heterocycles. The number of rotatable bonds is 10. The maximum absolute atomic E-state index is 12.6. The Morgan fingerprint density at radius 1 is 1.30 bits per heavy atom. The van der Waals surface area contributed by atoms with Crippen LogP contribution in [0.25, 0.3) is 0 Å². The van der Waals surface area contributed by atoms with Gasteiger partial charge in [-0.15, -0.1) is 0 Å². The van der Waals surface area contributed by atoms with E-state index in [4.69, 9.17) is 19.0 Å². The van der Waals surface area contributed by atoms with Gasteiger partial charge in [0, 0.05) is 18.8 Å². The minimum atomic E-state index is -1.40. The van der Waals surface area contributed by atoms with Gasteiger partial charge in [-0.25, -0.2) is 0 Å². The van der Waals surface area contributed by atoms with Gasteiger partial charge in [-0.05, 0) is 57.1 Å². The second-order valence-corrected chi connectivity index (χ2v) is 11.5. The first-order valence-electron chi connectivity index (χ1n) is 14.3. The summed E-state index contributed by atoms with van der Waals surface area (Å²) in [5.74, 6) is -0.816. The van der Waals surface area contributed by atoms with Gasteiger partial charge in [0.1, 0.15) is 24.9 Å². The molecule has 0 aliphatic carbocycles. The van der Waals surface area contributed by atoms with Crippen LogP contribution in [0.4, 0.5) is 0 Å². The molecule has 0 aromatic carbocycles. The quantitative estimate of drug-likeness (QED) is 0.0981. The molecular weight excluding hydrogens is 514 g/mol. The van der Waals surface area contributed by atoms with E-state index >= 15 is 0 Å². The molecule has 2 N–H and O–H groups in total. The SMILES string of the molecule is CC/C(=N\OC)C(C)C1OC1CC(C)/C=C/C=C(\C)C1OC(=O)CC(O)CCC(C)(O)C(OC(C)=O)/C=C/C1C. The zero-order valence-electron chi connectivity index (χ0n) is 25.3. The van der Waals surface area contributed by atoms with Gasteiger partial charge < -0.3 is 29.3 Å². The van der Waals surface area contributed by atoms with Crippen LogP contribution in [-0.2, 0) is 28.6 Å². The number of aliphatic hydroxyl groups is 2. The van der Waals surface area contributed by atoms with Crippen LogP contribution in [-0.4, -0.2) is 71.1 Å². The van der Waals surface area contributed by atoms with Crippen LogP contribution in [0, 0.1) is 17.8 Å². The van der Waals surface area contributed by atoms with Gasteiger partial charge in [-0.3, -0.25) is 9.59 Å². The number of aliphatic hydroxyl groups excluding tert-OH is 1. The van der Waals surface area contributed by atoms with E-state index in [1.54, 1.807) is 26.2 Å². The molecule has 0 amide bonds. The van der Waals surface area contributed by atoms with E-state index in [0.717, 1.165) is 24.1 Å². The van der Waals surface area contributed by atoms with Gasteiger partial charge in [-0.2, -0.15) is 0 Å². The number of carbonyl (C=O) groups is 2. The van der Waals surface area contributed by atoms with Gasteiger partial charge in [-0.1, -0.05) is 57.2 Å². The molecule has 9 heteroatoms. The summed E-state index contributed by atoms with van der Waals surface area (Å²) in [6, 6.07) is 0. The minimum Gasteiger partial charge on any atom is -0.457 e.